The molecule has 164 valence electrons. The smallest absolute Gasteiger partial charge is 0.337 e. The summed E-state index contributed by atoms with van der Waals surface area (Å²) in [6.45, 7) is 0.267. The Labute approximate surface area is 187 Å². The minimum absolute atomic E-state index is 0.0912. The topological polar surface area (TPSA) is 98.5 Å². The first-order valence-corrected chi connectivity index (χ1v) is 10.4. The predicted octanol–water partition coefficient (Wildman–Crippen LogP) is 4.64. The van der Waals surface area contributed by atoms with Crippen molar-refractivity contribution < 1.29 is 23.6 Å². The highest BCUT2D eigenvalue weighted by Gasteiger charge is 2.18. The van der Waals surface area contributed by atoms with Gasteiger partial charge in [0.1, 0.15) is 5.82 Å². The van der Waals surface area contributed by atoms with Crippen LogP contribution in [-0.4, -0.2) is 30.5 Å². The number of non-ortho nitro benzene ring substituents is 1. The number of rotatable bonds is 8. The molecule has 0 saturated carbocycles. The fourth-order valence-corrected chi connectivity index (χ4v) is 3.83. The van der Waals surface area contributed by atoms with Gasteiger partial charge in [0.25, 0.3) is 11.6 Å². The van der Waals surface area contributed by atoms with Crippen molar-refractivity contribution >= 4 is 29.3 Å². The summed E-state index contributed by atoms with van der Waals surface area (Å²) in [5, 5.41) is 13.9. The molecule has 0 atom stereocenters. The van der Waals surface area contributed by atoms with Gasteiger partial charge in [0.2, 0.25) is 0 Å². The molecule has 1 N–H and O–H groups in total. The second-order valence-corrected chi connectivity index (χ2v) is 7.75. The lowest BCUT2D eigenvalue weighted by atomic mass is 10.1. The summed E-state index contributed by atoms with van der Waals surface area (Å²) in [5.41, 5.74) is 1.17. The van der Waals surface area contributed by atoms with Gasteiger partial charge in [-0.3, -0.25) is 14.9 Å². The lowest BCUT2D eigenvalue weighted by molar-refractivity contribution is -0.384. The minimum Gasteiger partial charge on any atom is -0.465 e. The van der Waals surface area contributed by atoms with Crippen LogP contribution in [0.1, 0.15) is 26.3 Å². The quantitative estimate of drug-likeness (QED) is 0.302. The standard InChI is InChI=1S/C23H19FN2O5S/c1-31-23(28)16-8-6-15(7-9-16)12-13-25-22(27)18-14-17(26(29)30)10-11-20(18)32-21-5-3-2-4-19(21)24/h2-11,14H,12-13H2,1H3,(H,25,27). The van der Waals surface area contributed by atoms with Gasteiger partial charge in [0, 0.05) is 28.5 Å². The van der Waals surface area contributed by atoms with E-state index >= 15 is 0 Å². The molecule has 0 spiro atoms. The number of hydrogen-bond donors (Lipinski definition) is 1. The second kappa shape index (κ2) is 10.5. The molecule has 0 unspecified atom stereocenters. The van der Waals surface area contributed by atoms with E-state index in [0.29, 0.717) is 21.8 Å². The van der Waals surface area contributed by atoms with Gasteiger partial charge in [-0.25, -0.2) is 9.18 Å². The largest absolute Gasteiger partial charge is 0.465 e. The molecule has 0 aliphatic rings. The van der Waals surface area contributed by atoms with Crippen molar-refractivity contribution in [3.8, 4) is 0 Å². The van der Waals surface area contributed by atoms with Crippen molar-refractivity contribution in [2.24, 2.45) is 0 Å². The molecule has 7 nitrogen and oxygen atoms in total. The number of carbonyl (C=O) groups excluding carboxylic acids is 2. The molecule has 0 bridgehead atoms. The number of nitrogens with one attached hydrogen (secondary N) is 1. The number of nitro benzene ring substituents is 1. The van der Waals surface area contributed by atoms with E-state index in [-0.39, 0.29) is 17.8 Å². The van der Waals surface area contributed by atoms with Gasteiger partial charge >= 0.3 is 5.97 Å². The summed E-state index contributed by atoms with van der Waals surface area (Å²) >= 11 is 1.02. The number of ether oxygens (including phenoxy) is 1. The van der Waals surface area contributed by atoms with Gasteiger partial charge in [0.15, 0.2) is 0 Å². The zero-order chi connectivity index (χ0) is 23.1. The highest BCUT2D eigenvalue weighted by molar-refractivity contribution is 7.99. The lowest BCUT2D eigenvalue weighted by Crippen LogP contribution is -2.26. The van der Waals surface area contributed by atoms with Crippen molar-refractivity contribution in [2.45, 2.75) is 16.2 Å². The Morgan fingerprint density at radius 2 is 1.78 bits per heavy atom. The molecule has 3 aromatic carbocycles. The van der Waals surface area contributed by atoms with Crippen molar-refractivity contribution in [2.75, 3.05) is 13.7 Å². The van der Waals surface area contributed by atoms with Crippen LogP contribution in [0.4, 0.5) is 10.1 Å². The molecule has 0 fully saturated rings. The van der Waals surface area contributed by atoms with Crippen LogP contribution in [0.2, 0.25) is 0 Å². The molecule has 1 amide bonds. The van der Waals surface area contributed by atoms with E-state index in [1.807, 2.05) is 0 Å². The molecular weight excluding hydrogens is 435 g/mol. The number of benzene rings is 3. The summed E-state index contributed by atoms with van der Waals surface area (Å²) in [5.74, 6) is -1.38. The van der Waals surface area contributed by atoms with Crippen LogP contribution >= 0.6 is 11.8 Å². The van der Waals surface area contributed by atoms with E-state index in [4.69, 9.17) is 0 Å². The average Bonchev–Trinajstić information content (AvgIpc) is 2.80. The van der Waals surface area contributed by atoms with Crippen molar-refractivity contribution in [3.63, 3.8) is 0 Å². The number of carbonyl (C=O) groups is 2. The van der Waals surface area contributed by atoms with E-state index in [9.17, 15) is 24.1 Å². The molecule has 0 radical (unpaired) electrons. The molecule has 3 rings (SSSR count). The number of esters is 1. The average molecular weight is 454 g/mol. The zero-order valence-electron chi connectivity index (χ0n) is 17.0. The van der Waals surface area contributed by atoms with Gasteiger partial charge in [-0.2, -0.15) is 0 Å². The first kappa shape index (κ1) is 23.0. The zero-order valence-corrected chi connectivity index (χ0v) is 17.9. The molecule has 3 aromatic rings. The SMILES string of the molecule is COC(=O)c1ccc(CCNC(=O)c2cc([N+](=O)[O-])ccc2Sc2ccccc2F)cc1. The maximum Gasteiger partial charge on any atom is 0.337 e. The Balaban J connectivity index is 1.72. The fourth-order valence-electron chi connectivity index (χ4n) is 2.88. The van der Waals surface area contributed by atoms with Crippen LogP contribution in [0.25, 0.3) is 0 Å². The number of methoxy groups -OCH3 is 1. The summed E-state index contributed by atoms with van der Waals surface area (Å²) in [6, 6.07) is 16.8. The monoisotopic (exact) mass is 454 g/mol. The van der Waals surface area contributed by atoms with Crippen molar-refractivity contribution in [1.82, 2.24) is 5.32 Å². The second-order valence-electron chi connectivity index (χ2n) is 6.66. The van der Waals surface area contributed by atoms with Gasteiger partial charge in [0.05, 0.1) is 23.2 Å². The van der Waals surface area contributed by atoms with Crippen molar-refractivity contribution in [3.05, 3.63) is 99.4 Å². The summed E-state index contributed by atoms with van der Waals surface area (Å²) in [4.78, 5) is 35.6. The first-order chi connectivity index (χ1) is 15.4. The van der Waals surface area contributed by atoms with Gasteiger partial charge < -0.3 is 10.1 Å². The maximum atomic E-state index is 14.0. The molecule has 0 aliphatic heterocycles. The summed E-state index contributed by atoms with van der Waals surface area (Å²) < 4.78 is 18.7. The molecule has 0 saturated heterocycles. The van der Waals surface area contributed by atoms with E-state index in [1.165, 1.54) is 31.4 Å². The predicted molar refractivity (Wildman–Crippen MR) is 117 cm³/mol. The van der Waals surface area contributed by atoms with E-state index in [0.717, 1.165) is 17.3 Å². The third-order valence-electron chi connectivity index (χ3n) is 4.55. The van der Waals surface area contributed by atoms with E-state index in [1.54, 1.807) is 42.5 Å². The number of hydrogen-bond acceptors (Lipinski definition) is 6. The number of amides is 1. The van der Waals surface area contributed by atoms with E-state index < -0.39 is 22.6 Å². The molecule has 32 heavy (non-hydrogen) atoms. The number of nitrogens with zero attached hydrogens (tertiary/aromatic N) is 1. The molecule has 0 aliphatic carbocycles. The van der Waals surface area contributed by atoms with Crippen LogP contribution in [0.5, 0.6) is 0 Å². The number of nitro groups is 1. The van der Waals surface area contributed by atoms with Crippen LogP contribution in [-0.2, 0) is 11.2 Å². The minimum atomic E-state index is -0.586. The summed E-state index contributed by atoms with van der Waals surface area (Å²) in [6.07, 6.45) is 0.484. The van der Waals surface area contributed by atoms with Gasteiger partial charge in [-0.05, 0) is 42.3 Å². The Morgan fingerprint density at radius 3 is 2.44 bits per heavy atom. The molecule has 0 aromatic heterocycles. The Morgan fingerprint density at radius 1 is 1.06 bits per heavy atom. The van der Waals surface area contributed by atoms with Crippen LogP contribution in [0, 0.1) is 15.9 Å². The van der Waals surface area contributed by atoms with Gasteiger partial charge in [-0.15, -0.1) is 0 Å². The van der Waals surface area contributed by atoms with Crippen LogP contribution in [0.3, 0.4) is 0 Å². The Hall–Kier alpha value is -3.72. The maximum absolute atomic E-state index is 14.0. The molecule has 9 heteroatoms. The third-order valence-corrected chi connectivity index (χ3v) is 5.68. The summed E-state index contributed by atoms with van der Waals surface area (Å²) in [7, 11) is 1.30. The molecule has 0 heterocycles. The van der Waals surface area contributed by atoms with Gasteiger partial charge in [-0.1, -0.05) is 36.0 Å². The fraction of sp³-hybridized carbons (Fsp3) is 0.130. The van der Waals surface area contributed by atoms with Crippen LogP contribution < -0.4 is 5.32 Å². The Bertz CT molecular complexity index is 1150. The highest BCUT2D eigenvalue weighted by atomic mass is 32.2. The normalized spacial score (nSPS) is 10.4. The Kier molecular flexibility index (Phi) is 7.56. The van der Waals surface area contributed by atoms with E-state index in [2.05, 4.69) is 10.1 Å². The number of halogens is 1. The lowest BCUT2D eigenvalue weighted by Gasteiger charge is -2.11. The highest BCUT2D eigenvalue weighted by Crippen LogP contribution is 2.34. The molecular formula is C23H19FN2O5S. The first-order valence-electron chi connectivity index (χ1n) is 9.55. The van der Waals surface area contributed by atoms with Crippen LogP contribution in [0.15, 0.2) is 76.5 Å². The van der Waals surface area contributed by atoms with Crippen molar-refractivity contribution in [1.29, 1.82) is 0 Å². The third kappa shape index (κ3) is 5.70.